The lowest BCUT2D eigenvalue weighted by Crippen LogP contribution is -2.52. The molecule has 202 valence electrons. The summed E-state index contributed by atoms with van der Waals surface area (Å²) in [7, 11) is -2.81. The minimum Gasteiger partial charge on any atom is -0.495 e. The van der Waals surface area contributed by atoms with Crippen molar-refractivity contribution in [3.8, 4) is 5.75 Å². The number of likely N-dealkylation sites (N-methyl/N-ethyl adjacent to an activating group) is 1. The van der Waals surface area contributed by atoms with Crippen molar-refractivity contribution in [2.24, 2.45) is 0 Å². The minimum absolute atomic E-state index is 0.000190. The number of sulfonamides is 1. The number of hydrogen-bond acceptors (Lipinski definition) is 5. The van der Waals surface area contributed by atoms with Gasteiger partial charge in [0.25, 0.3) is 10.0 Å². The Morgan fingerprint density at radius 2 is 1.61 bits per heavy atom. The van der Waals surface area contributed by atoms with E-state index < -0.39 is 28.5 Å². The van der Waals surface area contributed by atoms with Gasteiger partial charge in [0, 0.05) is 18.1 Å². The lowest BCUT2D eigenvalue weighted by Gasteiger charge is -2.33. The fraction of sp³-hybridized carbons (Fsp3) is 0.286. The molecule has 0 aliphatic rings. The van der Waals surface area contributed by atoms with Gasteiger partial charge >= 0.3 is 0 Å². The molecule has 0 spiro atoms. The van der Waals surface area contributed by atoms with Gasteiger partial charge in [0.2, 0.25) is 11.8 Å². The second-order valence-electron chi connectivity index (χ2n) is 8.47. The van der Waals surface area contributed by atoms with Gasteiger partial charge < -0.3 is 15.0 Å². The second kappa shape index (κ2) is 13.3. The van der Waals surface area contributed by atoms with E-state index in [2.05, 4.69) is 5.32 Å². The van der Waals surface area contributed by atoms with Crippen LogP contribution in [-0.4, -0.2) is 51.4 Å². The number of rotatable bonds is 12. The molecular formula is C28H32ClN3O5S. The summed E-state index contributed by atoms with van der Waals surface area (Å²) in [6.45, 7) is 3.56. The second-order valence-corrected chi connectivity index (χ2v) is 10.8. The summed E-state index contributed by atoms with van der Waals surface area (Å²) in [5, 5.41) is 3.06. The summed E-state index contributed by atoms with van der Waals surface area (Å²) in [6.07, 6.45) is 0.344. The van der Waals surface area contributed by atoms with Crippen molar-refractivity contribution >= 4 is 39.1 Å². The van der Waals surface area contributed by atoms with E-state index >= 15 is 0 Å². The largest absolute Gasteiger partial charge is 0.495 e. The maximum absolute atomic E-state index is 14.0. The molecule has 1 atom stereocenters. The van der Waals surface area contributed by atoms with E-state index in [0.29, 0.717) is 13.0 Å². The topological polar surface area (TPSA) is 96.0 Å². The summed E-state index contributed by atoms with van der Waals surface area (Å²) >= 11 is 6.24. The number of carbonyl (C=O) groups is 2. The average molecular weight is 558 g/mol. The van der Waals surface area contributed by atoms with Gasteiger partial charge in [-0.05, 0) is 49.2 Å². The van der Waals surface area contributed by atoms with Crippen molar-refractivity contribution in [3.05, 3.63) is 89.4 Å². The molecule has 0 fully saturated rings. The molecular weight excluding hydrogens is 526 g/mol. The van der Waals surface area contributed by atoms with Gasteiger partial charge in [-0.3, -0.25) is 13.9 Å². The van der Waals surface area contributed by atoms with E-state index in [1.54, 1.807) is 37.3 Å². The van der Waals surface area contributed by atoms with E-state index in [4.69, 9.17) is 16.3 Å². The molecule has 0 saturated heterocycles. The number of halogens is 1. The molecule has 3 aromatic carbocycles. The Balaban J connectivity index is 2.11. The highest BCUT2D eigenvalue weighted by atomic mass is 35.5. The van der Waals surface area contributed by atoms with Gasteiger partial charge in [-0.2, -0.15) is 0 Å². The summed E-state index contributed by atoms with van der Waals surface area (Å²) in [5.41, 5.74) is 0.921. The smallest absolute Gasteiger partial charge is 0.264 e. The minimum atomic E-state index is -4.22. The molecule has 3 rings (SSSR count). The number of hydrogen-bond donors (Lipinski definition) is 1. The summed E-state index contributed by atoms with van der Waals surface area (Å²) in [5.74, 6) is -0.627. The zero-order valence-corrected chi connectivity index (χ0v) is 23.2. The predicted molar refractivity (Wildman–Crippen MR) is 149 cm³/mol. The van der Waals surface area contributed by atoms with Gasteiger partial charge in [-0.15, -0.1) is 0 Å². The molecule has 1 N–H and O–H groups in total. The van der Waals surface area contributed by atoms with Crippen molar-refractivity contribution < 1.29 is 22.7 Å². The first kappa shape index (κ1) is 29.0. The molecule has 0 saturated carbocycles. The van der Waals surface area contributed by atoms with Crippen LogP contribution >= 0.6 is 11.6 Å². The van der Waals surface area contributed by atoms with Crippen molar-refractivity contribution in [2.75, 3.05) is 24.5 Å². The number of benzene rings is 3. The first-order valence-electron chi connectivity index (χ1n) is 12.2. The molecule has 2 amide bonds. The maximum atomic E-state index is 14.0. The number of nitrogens with zero attached hydrogens (tertiary/aromatic N) is 2. The lowest BCUT2D eigenvalue weighted by molar-refractivity contribution is -0.140. The number of nitrogens with one attached hydrogen (secondary N) is 1. The third-order valence-corrected chi connectivity index (χ3v) is 7.96. The van der Waals surface area contributed by atoms with Crippen molar-refractivity contribution in [2.45, 2.75) is 37.8 Å². The van der Waals surface area contributed by atoms with Crippen molar-refractivity contribution in [1.82, 2.24) is 10.2 Å². The van der Waals surface area contributed by atoms with Gasteiger partial charge in [-0.1, -0.05) is 67.1 Å². The fourth-order valence-electron chi connectivity index (χ4n) is 4.08. The zero-order valence-electron chi connectivity index (χ0n) is 21.6. The van der Waals surface area contributed by atoms with Crippen LogP contribution in [0.1, 0.15) is 25.8 Å². The van der Waals surface area contributed by atoms with Gasteiger partial charge in [-0.25, -0.2) is 8.42 Å². The van der Waals surface area contributed by atoms with Crippen LogP contribution in [0.15, 0.2) is 83.8 Å². The average Bonchev–Trinajstić information content (AvgIpc) is 2.92. The molecule has 0 bridgehead atoms. The Kier molecular flexibility index (Phi) is 10.2. The van der Waals surface area contributed by atoms with Crippen LogP contribution in [0.25, 0.3) is 0 Å². The molecule has 0 heterocycles. The molecule has 38 heavy (non-hydrogen) atoms. The number of anilines is 1. The normalized spacial score (nSPS) is 11.9. The van der Waals surface area contributed by atoms with Crippen LogP contribution in [0.3, 0.4) is 0 Å². The van der Waals surface area contributed by atoms with E-state index in [0.717, 1.165) is 9.87 Å². The number of carbonyl (C=O) groups excluding carboxylic acids is 2. The quantitative estimate of drug-likeness (QED) is 0.354. The summed E-state index contributed by atoms with van der Waals surface area (Å²) in [4.78, 5) is 28.3. The standard InChI is InChI=1S/C28H32ClN3O5S/c1-4-24(28(34)30-5-2)31(19-21-12-8-6-9-13-21)27(33)20-32(25-18-22(29)16-17-26(25)37-3)38(35,36)23-14-10-7-11-15-23/h6-18,24H,4-5,19-20H2,1-3H3,(H,30,34)/t24-/m0/s1. The molecule has 0 unspecified atom stereocenters. The lowest BCUT2D eigenvalue weighted by atomic mass is 10.1. The van der Waals surface area contributed by atoms with Crippen LogP contribution in [0.2, 0.25) is 5.02 Å². The SMILES string of the molecule is CCNC(=O)[C@H](CC)N(Cc1ccccc1)C(=O)CN(c1cc(Cl)ccc1OC)S(=O)(=O)c1ccccc1. The zero-order chi connectivity index (χ0) is 27.7. The molecule has 0 aliphatic carbocycles. The monoisotopic (exact) mass is 557 g/mol. The molecule has 0 aliphatic heterocycles. The van der Waals surface area contributed by atoms with Crippen molar-refractivity contribution in [3.63, 3.8) is 0 Å². The third kappa shape index (κ3) is 6.85. The van der Waals surface area contributed by atoms with E-state index in [1.807, 2.05) is 37.3 Å². The van der Waals surface area contributed by atoms with Gasteiger partial charge in [0.05, 0.1) is 17.7 Å². The Morgan fingerprint density at radius 3 is 2.18 bits per heavy atom. The molecule has 8 nitrogen and oxygen atoms in total. The van der Waals surface area contributed by atoms with E-state index in [1.165, 1.54) is 30.2 Å². The molecule has 10 heteroatoms. The molecule has 3 aromatic rings. The highest BCUT2D eigenvalue weighted by Gasteiger charge is 2.34. The number of amides is 2. The first-order valence-corrected chi connectivity index (χ1v) is 14.1. The Hall–Kier alpha value is -3.56. The predicted octanol–water partition coefficient (Wildman–Crippen LogP) is 4.49. The van der Waals surface area contributed by atoms with E-state index in [9.17, 15) is 18.0 Å². The number of methoxy groups -OCH3 is 1. The highest BCUT2D eigenvalue weighted by Crippen LogP contribution is 2.35. The Labute approximate surface area is 229 Å². The number of ether oxygens (including phenoxy) is 1. The van der Waals surface area contributed by atoms with Crippen LogP contribution in [0.4, 0.5) is 5.69 Å². The first-order chi connectivity index (χ1) is 18.2. The Morgan fingerprint density at radius 1 is 0.974 bits per heavy atom. The Bertz CT molecular complexity index is 1340. The highest BCUT2D eigenvalue weighted by molar-refractivity contribution is 7.92. The summed E-state index contributed by atoms with van der Waals surface area (Å²) in [6, 6.07) is 20.8. The van der Waals surface area contributed by atoms with Gasteiger partial charge in [0.1, 0.15) is 18.3 Å². The fourth-order valence-corrected chi connectivity index (χ4v) is 5.69. The molecule has 0 aromatic heterocycles. The maximum Gasteiger partial charge on any atom is 0.264 e. The van der Waals surface area contributed by atoms with Crippen LogP contribution < -0.4 is 14.4 Å². The van der Waals surface area contributed by atoms with Crippen molar-refractivity contribution in [1.29, 1.82) is 0 Å². The van der Waals surface area contributed by atoms with Gasteiger partial charge in [0.15, 0.2) is 0 Å². The molecule has 0 radical (unpaired) electrons. The van der Waals surface area contributed by atoms with E-state index in [-0.39, 0.29) is 33.8 Å². The van der Waals surface area contributed by atoms with Crippen LogP contribution in [-0.2, 0) is 26.2 Å². The van der Waals surface area contributed by atoms with Crippen LogP contribution in [0.5, 0.6) is 5.75 Å². The van der Waals surface area contributed by atoms with Crippen LogP contribution in [0, 0.1) is 0 Å². The summed E-state index contributed by atoms with van der Waals surface area (Å²) < 4.78 is 34.2. The third-order valence-electron chi connectivity index (χ3n) is 5.95.